The van der Waals surface area contributed by atoms with Crippen LogP contribution < -0.4 is 0 Å². The Morgan fingerprint density at radius 2 is 1.33 bits per heavy atom. The SMILES string of the molecule is CC(C)(C)c1ccc(-c2nnc(SCc3ccccc3)n2Cc2ccccc2)cc1. The molecule has 0 saturated carbocycles. The van der Waals surface area contributed by atoms with Crippen molar-refractivity contribution in [3.8, 4) is 11.4 Å². The van der Waals surface area contributed by atoms with Gasteiger partial charge in [0.15, 0.2) is 11.0 Å². The van der Waals surface area contributed by atoms with Gasteiger partial charge in [0.05, 0.1) is 6.54 Å². The van der Waals surface area contributed by atoms with Crippen LogP contribution in [0.1, 0.15) is 37.5 Å². The highest BCUT2D eigenvalue weighted by Crippen LogP contribution is 2.29. The average molecular weight is 414 g/mol. The van der Waals surface area contributed by atoms with Gasteiger partial charge in [-0.25, -0.2) is 0 Å². The highest BCUT2D eigenvalue weighted by molar-refractivity contribution is 7.98. The summed E-state index contributed by atoms with van der Waals surface area (Å²) in [7, 11) is 0. The summed E-state index contributed by atoms with van der Waals surface area (Å²) in [5.74, 6) is 1.78. The minimum atomic E-state index is 0.132. The van der Waals surface area contributed by atoms with Crippen molar-refractivity contribution in [1.29, 1.82) is 0 Å². The molecule has 0 unspecified atom stereocenters. The van der Waals surface area contributed by atoms with Crippen LogP contribution in [-0.2, 0) is 17.7 Å². The summed E-state index contributed by atoms with van der Waals surface area (Å²) in [6.45, 7) is 7.45. The molecule has 0 bridgehead atoms. The lowest BCUT2D eigenvalue weighted by Gasteiger charge is -2.19. The van der Waals surface area contributed by atoms with E-state index in [1.54, 1.807) is 11.8 Å². The normalized spacial score (nSPS) is 11.6. The molecule has 0 aliphatic heterocycles. The van der Waals surface area contributed by atoms with Crippen LogP contribution in [0, 0.1) is 0 Å². The summed E-state index contributed by atoms with van der Waals surface area (Å²) >= 11 is 1.73. The third-order valence-electron chi connectivity index (χ3n) is 5.12. The van der Waals surface area contributed by atoms with Gasteiger partial charge in [-0.1, -0.05) is 117 Å². The minimum Gasteiger partial charge on any atom is -0.298 e. The molecular formula is C26H27N3S. The second-order valence-electron chi connectivity index (χ2n) is 8.48. The van der Waals surface area contributed by atoms with Crippen molar-refractivity contribution in [2.45, 2.75) is 43.6 Å². The lowest BCUT2D eigenvalue weighted by molar-refractivity contribution is 0.590. The number of aromatic nitrogens is 3. The number of nitrogens with zero attached hydrogens (tertiary/aromatic N) is 3. The van der Waals surface area contributed by atoms with Gasteiger partial charge in [-0.15, -0.1) is 10.2 Å². The van der Waals surface area contributed by atoms with E-state index in [1.165, 1.54) is 16.7 Å². The Hall–Kier alpha value is -2.85. The lowest BCUT2D eigenvalue weighted by Crippen LogP contribution is -2.10. The molecule has 4 rings (SSSR count). The molecule has 0 spiro atoms. The molecule has 4 heteroatoms. The Morgan fingerprint density at radius 1 is 0.733 bits per heavy atom. The maximum atomic E-state index is 4.58. The molecule has 0 saturated heterocycles. The van der Waals surface area contributed by atoms with E-state index in [-0.39, 0.29) is 5.41 Å². The second-order valence-corrected chi connectivity index (χ2v) is 9.42. The number of thioether (sulfide) groups is 1. The van der Waals surface area contributed by atoms with Gasteiger partial charge in [0, 0.05) is 11.3 Å². The van der Waals surface area contributed by atoms with Crippen LogP contribution >= 0.6 is 11.8 Å². The van der Waals surface area contributed by atoms with Gasteiger partial charge in [0.2, 0.25) is 0 Å². The summed E-state index contributed by atoms with van der Waals surface area (Å²) < 4.78 is 2.23. The molecule has 0 fully saturated rings. The van der Waals surface area contributed by atoms with Gasteiger partial charge in [-0.3, -0.25) is 4.57 Å². The van der Waals surface area contributed by atoms with Crippen molar-refractivity contribution in [2.24, 2.45) is 0 Å². The standard InChI is InChI=1S/C26H27N3S/c1-26(2,3)23-16-14-22(15-17-23)24-27-28-25(30-19-21-12-8-5-9-13-21)29(24)18-20-10-6-4-7-11-20/h4-17H,18-19H2,1-3H3. The van der Waals surface area contributed by atoms with Crippen molar-refractivity contribution in [2.75, 3.05) is 0 Å². The highest BCUT2D eigenvalue weighted by Gasteiger charge is 2.17. The Labute approximate surface area is 183 Å². The van der Waals surface area contributed by atoms with Crippen LogP contribution in [0.4, 0.5) is 0 Å². The molecule has 3 aromatic carbocycles. The zero-order valence-electron chi connectivity index (χ0n) is 17.7. The Balaban J connectivity index is 1.66. The predicted octanol–water partition coefficient (Wildman–Crippen LogP) is 6.58. The van der Waals surface area contributed by atoms with Crippen molar-refractivity contribution < 1.29 is 0 Å². The minimum absolute atomic E-state index is 0.132. The molecule has 0 amide bonds. The Bertz CT molecular complexity index is 1080. The van der Waals surface area contributed by atoms with Crippen LogP contribution in [0.3, 0.4) is 0 Å². The van der Waals surface area contributed by atoms with E-state index < -0.39 is 0 Å². The molecular weight excluding hydrogens is 386 g/mol. The first kappa shape index (κ1) is 20.4. The molecule has 30 heavy (non-hydrogen) atoms. The summed E-state index contributed by atoms with van der Waals surface area (Å²) in [6, 6.07) is 29.7. The molecule has 152 valence electrons. The van der Waals surface area contributed by atoms with Crippen molar-refractivity contribution in [1.82, 2.24) is 14.8 Å². The molecule has 0 aliphatic rings. The van der Waals surface area contributed by atoms with Crippen LogP contribution in [0.25, 0.3) is 11.4 Å². The molecule has 4 aromatic rings. The van der Waals surface area contributed by atoms with Gasteiger partial charge in [0.25, 0.3) is 0 Å². The first-order chi connectivity index (χ1) is 14.5. The maximum Gasteiger partial charge on any atom is 0.192 e. The Morgan fingerprint density at radius 3 is 1.93 bits per heavy atom. The predicted molar refractivity (Wildman–Crippen MR) is 126 cm³/mol. The third-order valence-corrected chi connectivity index (χ3v) is 6.16. The number of hydrogen-bond acceptors (Lipinski definition) is 3. The maximum absolute atomic E-state index is 4.58. The summed E-state index contributed by atoms with van der Waals surface area (Å²) in [5.41, 5.74) is 5.07. The van der Waals surface area contributed by atoms with Crippen molar-refractivity contribution in [3.05, 3.63) is 102 Å². The van der Waals surface area contributed by atoms with E-state index in [9.17, 15) is 0 Å². The zero-order valence-corrected chi connectivity index (χ0v) is 18.6. The number of rotatable bonds is 6. The topological polar surface area (TPSA) is 30.7 Å². The van der Waals surface area contributed by atoms with E-state index in [0.717, 1.165) is 28.8 Å². The fourth-order valence-electron chi connectivity index (χ4n) is 3.36. The summed E-state index contributed by atoms with van der Waals surface area (Å²) in [6.07, 6.45) is 0. The first-order valence-corrected chi connectivity index (χ1v) is 11.2. The van der Waals surface area contributed by atoms with E-state index in [0.29, 0.717) is 0 Å². The molecule has 0 N–H and O–H groups in total. The largest absolute Gasteiger partial charge is 0.298 e. The lowest BCUT2D eigenvalue weighted by atomic mass is 9.87. The Kier molecular flexibility index (Phi) is 6.05. The monoisotopic (exact) mass is 413 g/mol. The highest BCUT2D eigenvalue weighted by atomic mass is 32.2. The summed E-state index contributed by atoms with van der Waals surface area (Å²) in [5, 5.41) is 10.1. The smallest absolute Gasteiger partial charge is 0.192 e. The van der Waals surface area contributed by atoms with E-state index in [2.05, 4.69) is 108 Å². The van der Waals surface area contributed by atoms with E-state index >= 15 is 0 Å². The van der Waals surface area contributed by atoms with E-state index in [4.69, 9.17) is 0 Å². The molecule has 0 radical (unpaired) electrons. The van der Waals surface area contributed by atoms with Crippen LogP contribution in [0.15, 0.2) is 90.1 Å². The fourth-order valence-corrected chi connectivity index (χ4v) is 4.25. The van der Waals surface area contributed by atoms with E-state index in [1.807, 2.05) is 12.1 Å². The molecule has 1 heterocycles. The molecule has 3 nitrogen and oxygen atoms in total. The molecule has 1 aromatic heterocycles. The van der Waals surface area contributed by atoms with Gasteiger partial charge >= 0.3 is 0 Å². The van der Waals surface area contributed by atoms with Crippen LogP contribution in [0.2, 0.25) is 0 Å². The van der Waals surface area contributed by atoms with Crippen LogP contribution in [-0.4, -0.2) is 14.8 Å². The van der Waals surface area contributed by atoms with Gasteiger partial charge < -0.3 is 0 Å². The van der Waals surface area contributed by atoms with Gasteiger partial charge in [-0.05, 0) is 22.1 Å². The quantitative estimate of drug-likeness (QED) is 0.334. The van der Waals surface area contributed by atoms with Crippen LogP contribution in [0.5, 0.6) is 0 Å². The zero-order chi connectivity index (χ0) is 21.0. The number of benzene rings is 3. The average Bonchev–Trinajstić information content (AvgIpc) is 3.15. The third kappa shape index (κ3) is 4.82. The second kappa shape index (κ2) is 8.88. The molecule has 0 atom stereocenters. The summed E-state index contributed by atoms with van der Waals surface area (Å²) in [4.78, 5) is 0. The van der Waals surface area contributed by atoms with Crippen molar-refractivity contribution in [3.63, 3.8) is 0 Å². The number of hydrogen-bond donors (Lipinski definition) is 0. The fraction of sp³-hybridized carbons (Fsp3) is 0.231. The molecule has 0 aliphatic carbocycles. The van der Waals surface area contributed by atoms with Crippen molar-refractivity contribution >= 4 is 11.8 Å². The van der Waals surface area contributed by atoms with Gasteiger partial charge in [-0.2, -0.15) is 0 Å². The first-order valence-electron chi connectivity index (χ1n) is 10.3. The van der Waals surface area contributed by atoms with Gasteiger partial charge in [0.1, 0.15) is 0 Å².